The summed E-state index contributed by atoms with van der Waals surface area (Å²) in [7, 11) is 2.15. The molecule has 0 unspecified atom stereocenters. The van der Waals surface area contributed by atoms with Crippen molar-refractivity contribution in [1.29, 1.82) is 0 Å². The van der Waals surface area contributed by atoms with Crippen molar-refractivity contribution in [2.45, 2.75) is 32.7 Å². The molecule has 1 aliphatic heterocycles. The van der Waals surface area contributed by atoms with Crippen molar-refractivity contribution < 1.29 is 4.57 Å². The van der Waals surface area contributed by atoms with Crippen LogP contribution in [0.15, 0.2) is 12.4 Å². The Morgan fingerprint density at radius 2 is 2.23 bits per heavy atom. The summed E-state index contributed by atoms with van der Waals surface area (Å²) >= 11 is 0. The van der Waals surface area contributed by atoms with E-state index in [1.54, 1.807) is 0 Å². The minimum absolute atomic E-state index is 0.572. The van der Waals surface area contributed by atoms with Crippen LogP contribution in [-0.4, -0.2) is 18.3 Å². The van der Waals surface area contributed by atoms with Crippen molar-refractivity contribution in [3.8, 4) is 0 Å². The van der Waals surface area contributed by atoms with E-state index in [-0.39, 0.29) is 0 Å². The fourth-order valence-corrected chi connectivity index (χ4v) is 2.02. The molecule has 3 nitrogen and oxygen atoms in total. The van der Waals surface area contributed by atoms with Gasteiger partial charge in [0.1, 0.15) is 6.20 Å². The van der Waals surface area contributed by atoms with Gasteiger partial charge >= 0.3 is 0 Å². The summed E-state index contributed by atoms with van der Waals surface area (Å²) in [6.45, 7) is 5.63. The Hall–Kier alpha value is -0.990. The zero-order chi connectivity index (χ0) is 9.42. The SMILES string of the molecule is CC(C)[n+]1ccn2c1CCCN2C. The van der Waals surface area contributed by atoms with E-state index in [0.717, 1.165) is 0 Å². The monoisotopic (exact) mass is 180 g/mol. The highest BCUT2D eigenvalue weighted by atomic mass is 15.6. The van der Waals surface area contributed by atoms with Crippen LogP contribution in [0.5, 0.6) is 0 Å². The largest absolute Gasteiger partial charge is 0.280 e. The van der Waals surface area contributed by atoms with E-state index in [2.05, 4.69) is 47.5 Å². The Kier molecular flexibility index (Phi) is 2.02. The molecule has 1 aliphatic rings. The highest BCUT2D eigenvalue weighted by Gasteiger charge is 2.25. The van der Waals surface area contributed by atoms with Gasteiger partial charge in [-0.1, -0.05) is 0 Å². The molecular formula is C10H18N3+. The van der Waals surface area contributed by atoms with Crippen molar-refractivity contribution in [1.82, 2.24) is 4.68 Å². The topological polar surface area (TPSA) is 12.0 Å². The molecule has 0 fully saturated rings. The van der Waals surface area contributed by atoms with Crippen molar-refractivity contribution in [2.24, 2.45) is 0 Å². The maximum atomic E-state index is 2.36. The molecule has 3 heteroatoms. The van der Waals surface area contributed by atoms with E-state index >= 15 is 0 Å². The Balaban J connectivity index is 2.41. The standard InChI is InChI=1S/C10H18N3/c1-9(2)12-7-8-13-10(12)5-4-6-11(13)3/h7-9H,4-6H2,1-3H3/q+1. The number of imidazole rings is 1. The molecule has 1 aromatic rings. The molecule has 0 amide bonds. The fourth-order valence-electron chi connectivity index (χ4n) is 2.02. The molecule has 2 rings (SSSR count). The van der Waals surface area contributed by atoms with Crippen LogP contribution in [-0.2, 0) is 6.42 Å². The molecule has 2 heterocycles. The van der Waals surface area contributed by atoms with Gasteiger partial charge in [-0.15, -0.1) is 4.68 Å². The third-order valence-electron chi connectivity index (χ3n) is 2.74. The first kappa shape index (κ1) is 8.60. The molecule has 0 aromatic carbocycles. The van der Waals surface area contributed by atoms with Gasteiger partial charge in [-0.2, -0.15) is 0 Å². The number of nitrogens with zero attached hydrogens (tertiary/aromatic N) is 3. The van der Waals surface area contributed by atoms with Crippen molar-refractivity contribution in [3.63, 3.8) is 0 Å². The van der Waals surface area contributed by atoms with Crippen LogP contribution < -0.4 is 9.58 Å². The van der Waals surface area contributed by atoms with Gasteiger partial charge in [0.2, 0.25) is 0 Å². The Morgan fingerprint density at radius 3 is 2.92 bits per heavy atom. The Morgan fingerprint density at radius 1 is 1.46 bits per heavy atom. The van der Waals surface area contributed by atoms with Crippen LogP contribution in [0.2, 0.25) is 0 Å². The summed E-state index contributed by atoms with van der Waals surface area (Å²) in [6.07, 6.45) is 6.82. The lowest BCUT2D eigenvalue weighted by molar-refractivity contribution is -0.723. The van der Waals surface area contributed by atoms with Gasteiger partial charge in [0, 0.05) is 7.05 Å². The number of fused-ring (bicyclic) bond motifs is 1. The van der Waals surface area contributed by atoms with Crippen LogP contribution in [0.4, 0.5) is 0 Å². The minimum Gasteiger partial charge on any atom is -0.247 e. The summed E-state index contributed by atoms with van der Waals surface area (Å²) < 4.78 is 4.62. The Bertz CT molecular complexity index is 288. The molecule has 0 atom stereocenters. The van der Waals surface area contributed by atoms with E-state index in [1.807, 2.05) is 0 Å². The van der Waals surface area contributed by atoms with E-state index < -0.39 is 0 Å². The van der Waals surface area contributed by atoms with Crippen molar-refractivity contribution >= 4 is 0 Å². The third kappa shape index (κ3) is 1.32. The third-order valence-corrected chi connectivity index (χ3v) is 2.74. The van der Waals surface area contributed by atoms with Crippen LogP contribution in [0, 0.1) is 0 Å². The highest BCUT2D eigenvalue weighted by Crippen LogP contribution is 2.09. The van der Waals surface area contributed by atoms with E-state index in [4.69, 9.17) is 0 Å². The van der Waals surface area contributed by atoms with Gasteiger partial charge in [-0.25, -0.2) is 9.58 Å². The smallest absolute Gasteiger partial charge is 0.247 e. The predicted molar refractivity (Wildman–Crippen MR) is 52.3 cm³/mol. The zero-order valence-corrected chi connectivity index (χ0v) is 8.70. The second-order valence-corrected chi connectivity index (χ2v) is 4.04. The molecule has 0 saturated heterocycles. The molecule has 1 aromatic heterocycles. The van der Waals surface area contributed by atoms with Gasteiger partial charge in [-0.3, -0.25) is 0 Å². The average molecular weight is 180 g/mol. The molecule has 0 aliphatic carbocycles. The maximum absolute atomic E-state index is 2.36. The van der Waals surface area contributed by atoms with Crippen LogP contribution in [0.25, 0.3) is 0 Å². The predicted octanol–water partition coefficient (Wildman–Crippen LogP) is 0.870. The lowest BCUT2D eigenvalue weighted by Gasteiger charge is -2.21. The number of rotatable bonds is 1. The van der Waals surface area contributed by atoms with Crippen molar-refractivity contribution in [2.75, 3.05) is 18.6 Å². The summed E-state index contributed by atoms with van der Waals surface area (Å²) in [5.74, 6) is 1.43. The molecule has 13 heavy (non-hydrogen) atoms. The highest BCUT2D eigenvalue weighted by molar-refractivity contribution is 4.97. The number of hydrogen-bond donors (Lipinski definition) is 0. The molecule has 72 valence electrons. The molecule has 0 N–H and O–H groups in total. The second-order valence-electron chi connectivity index (χ2n) is 4.04. The summed E-state index contributed by atoms with van der Waals surface area (Å²) in [6, 6.07) is 0.572. The normalized spacial score (nSPS) is 16.5. The van der Waals surface area contributed by atoms with Gasteiger partial charge in [0.25, 0.3) is 5.82 Å². The Labute approximate surface area is 79.6 Å². The molecule has 0 spiro atoms. The quantitative estimate of drug-likeness (QED) is 0.584. The van der Waals surface area contributed by atoms with Crippen molar-refractivity contribution in [3.05, 3.63) is 18.2 Å². The maximum Gasteiger partial charge on any atom is 0.280 e. The van der Waals surface area contributed by atoms with Gasteiger partial charge in [-0.05, 0) is 20.3 Å². The van der Waals surface area contributed by atoms with Gasteiger partial charge in [0.05, 0.1) is 19.0 Å². The fraction of sp³-hybridized carbons (Fsp3) is 0.700. The first-order valence-corrected chi connectivity index (χ1v) is 5.03. The second kappa shape index (κ2) is 3.05. The van der Waals surface area contributed by atoms with Crippen LogP contribution >= 0.6 is 0 Å². The van der Waals surface area contributed by atoms with E-state index in [1.165, 1.54) is 25.2 Å². The first-order valence-electron chi connectivity index (χ1n) is 5.03. The molecule has 0 bridgehead atoms. The molecular weight excluding hydrogens is 162 g/mol. The lowest BCUT2D eigenvalue weighted by Crippen LogP contribution is -2.45. The van der Waals surface area contributed by atoms with Crippen LogP contribution in [0.3, 0.4) is 0 Å². The average Bonchev–Trinajstić information content (AvgIpc) is 2.48. The summed E-state index contributed by atoms with van der Waals surface area (Å²) in [4.78, 5) is 0. The number of hydrogen-bond acceptors (Lipinski definition) is 1. The molecule has 0 radical (unpaired) electrons. The lowest BCUT2D eigenvalue weighted by atomic mass is 10.2. The molecule has 0 saturated carbocycles. The summed E-state index contributed by atoms with van der Waals surface area (Å²) in [5.41, 5.74) is 0. The first-order chi connectivity index (χ1) is 6.20. The minimum atomic E-state index is 0.572. The van der Waals surface area contributed by atoms with E-state index in [9.17, 15) is 0 Å². The zero-order valence-electron chi connectivity index (χ0n) is 8.70. The number of aromatic nitrogens is 2. The van der Waals surface area contributed by atoms with Gasteiger partial charge < -0.3 is 0 Å². The van der Waals surface area contributed by atoms with E-state index in [0.29, 0.717) is 6.04 Å². The van der Waals surface area contributed by atoms with Crippen LogP contribution in [0.1, 0.15) is 32.1 Å². The summed E-state index contributed by atoms with van der Waals surface area (Å²) in [5, 5.41) is 2.28. The van der Waals surface area contributed by atoms with Gasteiger partial charge in [0.15, 0.2) is 6.20 Å².